The van der Waals surface area contributed by atoms with Gasteiger partial charge in [-0.2, -0.15) is 0 Å². The second-order valence-electron chi connectivity index (χ2n) is 5.47. The van der Waals surface area contributed by atoms with Crippen LogP contribution in [0.15, 0.2) is 47.5 Å². The van der Waals surface area contributed by atoms with E-state index in [9.17, 15) is 9.59 Å². The number of aryl methyl sites for hydroxylation is 1. The zero-order chi connectivity index (χ0) is 17.6. The number of carbonyl (C=O) groups is 1. The monoisotopic (exact) mass is 357 g/mol. The highest BCUT2D eigenvalue weighted by Gasteiger charge is 2.10. The zero-order valence-electron chi connectivity index (χ0n) is 13.9. The summed E-state index contributed by atoms with van der Waals surface area (Å²) >= 11 is 1.51. The average molecular weight is 357 g/mol. The third kappa shape index (κ3) is 4.24. The third-order valence-electron chi connectivity index (χ3n) is 3.67. The molecular weight excluding hydrogens is 338 g/mol. The van der Waals surface area contributed by atoms with Gasteiger partial charge in [0.15, 0.2) is 0 Å². The first-order valence-electron chi connectivity index (χ1n) is 8.09. The Morgan fingerprint density at radius 2 is 2.12 bits per heavy atom. The highest BCUT2D eigenvalue weighted by molar-refractivity contribution is 7.18. The van der Waals surface area contributed by atoms with Crippen LogP contribution in [0.2, 0.25) is 0 Å². The number of ether oxygens (including phenoxy) is 1. The van der Waals surface area contributed by atoms with Crippen LogP contribution in [0.1, 0.15) is 11.8 Å². The van der Waals surface area contributed by atoms with Crippen molar-refractivity contribution in [3.63, 3.8) is 0 Å². The minimum Gasteiger partial charge on any atom is -0.492 e. The first-order chi connectivity index (χ1) is 12.2. The number of carbonyl (C=O) groups excluding carboxylic acids is 1. The van der Waals surface area contributed by atoms with Gasteiger partial charge in [-0.3, -0.25) is 14.2 Å². The number of hydrogen-bond donors (Lipinski definition) is 1. The molecule has 2 heterocycles. The van der Waals surface area contributed by atoms with Crippen LogP contribution in [0.4, 0.5) is 0 Å². The van der Waals surface area contributed by atoms with E-state index in [1.165, 1.54) is 22.2 Å². The van der Waals surface area contributed by atoms with Gasteiger partial charge in [0, 0.05) is 4.88 Å². The number of hydrogen-bond acceptors (Lipinski definition) is 5. The van der Waals surface area contributed by atoms with Crippen LogP contribution in [0.25, 0.3) is 10.2 Å². The molecule has 7 heteroatoms. The Morgan fingerprint density at radius 3 is 2.88 bits per heavy atom. The number of fused-ring (bicyclic) bond motifs is 1. The van der Waals surface area contributed by atoms with Crippen LogP contribution in [-0.4, -0.2) is 28.6 Å². The summed E-state index contributed by atoms with van der Waals surface area (Å²) in [6.45, 7) is 2.72. The molecule has 0 aliphatic rings. The van der Waals surface area contributed by atoms with Gasteiger partial charge in [0.2, 0.25) is 5.91 Å². The second-order valence-corrected chi connectivity index (χ2v) is 6.59. The number of nitrogens with one attached hydrogen (secondary N) is 1. The van der Waals surface area contributed by atoms with Gasteiger partial charge in [0.05, 0.1) is 18.3 Å². The highest BCUT2D eigenvalue weighted by atomic mass is 32.1. The summed E-state index contributed by atoms with van der Waals surface area (Å²) in [5.41, 5.74) is -0.184. The van der Waals surface area contributed by atoms with Gasteiger partial charge in [-0.25, -0.2) is 4.98 Å². The first kappa shape index (κ1) is 17.2. The Hall–Kier alpha value is -2.67. The molecule has 2 aromatic heterocycles. The molecule has 0 fully saturated rings. The van der Waals surface area contributed by atoms with Gasteiger partial charge in [-0.1, -0.05) is 25.1 Å². The Labute approximate surface area is 149 Å². The van der Waals surface area contributed by atoms with Crippen molar-refractivity contribution < 1.29 is 9.53 Å². The van der Waals surface area contributed by atoms with Crippen molar-refractivity contribution >= 4 is 27.5 Å². The van der Waals surface area contributed by atoms with Gasteiger partial charge in [0.1, 0.15) is 23.7 Å². The van der Waals surface area contributed by atoms with Crippen LogP contribution < -0.4 is 15.6 Å². The van der Waals surface area contributed by atoms with Crippen LogP contribution >= 0.6 is 11.3 Å². The molecule has 3 rings (SSSR count). The number of amides is 1. The molecule has 130 valence electrons. The molecule has 0 saturated heterocycles. The Balaban J connectivity index is 1.55. The van der Waals surface area contributed by atoms with Gasteiger partial charge in [-0.05, 0) is 24.6 Å². The topological polar surface area (TPSA) is 73.2 Å². The maximum Gasteiger partial charge on any atom is 0.262 e. The maximum atomic E-state index is 12.4. The van der Waals surface area contributed by atoms with Crippen molar-refractivity contribution in [2.75, 3.05) is 13.2 Å². The van der Waals surface area contributed by atoms with E-state index in [4.69, 9.17) is 4.74 Å². The quantitative estimate of drug-likeness (QED) is 0.658. The lowest BCUT2D eigenvalue weighted by Gasteiger charge is -2.08. The average Bonchev–Trinajstić information content (AvgIpc) is 3.06. The minimum absolute atomic E-state index is 0.0512. The summed E-state index contributed by atoms with van der Waals surface area (Å²) in [5, 5.41) is 3.32. The molecule has 0 bridgehead atoms. The van der Waals surface area contributed by atoms with E-state index in [1.54, 1.807) is 0 Å². The largest absolute Gasteiger partial charge is 0.492 e. The van der Waals surface area contributed by atoms with Gasteiger partial charge < -0.3 is 10.1 Å². The van der Waals surface area contributed by atoms with E-state index in [0.717, 1.165) is 21.9 Å². The second kappa shape index (κ2) is 7.94. The van der Waals surface area contributed by atoms with Crippen molar-refractivity contribution in [1.82, 2.24) is 14.9 Å². The van der Waals surface area contributed by atoms with E-state index >= 15 is 0 Å². The number of aromatic nitrogens is 2. The normalized spacial score (nSPS) is 10.8. The Morgan fingerprint density at radius 1 is 1.32 bits per heavy atom. The predicted octanol–water partition coefficient (Wildman–Crippen LogP) is 2.22. The smallest absolute Gasteiger partial charge is 0.262 e. The Bertz CT molecular complexity index is 918. The standard InChI is InChI=1S/C18H19N3O3S/c1-2-14-10-15-17(25-14)20-12-21(18(15)23)11-16(22)19-8-9-24-13-6-4-3-5-7-13/h3-7,10,12H,2,8-9,11H2,1H3,(H,19,22). The number of thiophene rings is 1. The molecule has 0 spiro atoms. The molecule has 1 N–H and O–H groups in total. The molecule has 25 heavy (non-hydrogen) atoms. The van der Waals surface area contributed by atoms with Crippen molar-refractivity contribution in [3.05, 3.63) is 58.0 Å². The molecule has 1 aromatic carbocycles. The number of rotatable bonds is 7. The summed E-state index contributed by atoms with van der Waals surface area (Å²) < 4.78 is 6.84. The summed E-state index contributed by atoms with van der Waals surface area (Å²) in [6.07, 6.45) is 2.29. The summed E-state index contributed by atoms with van der Waals surface area (Å²) in [7, 11) is 0. The lowest BCUT2D eigenvalue weighted by molar-refractivity contribution is -0.121. The molecule has 0 atom stereocenters. The van der Waals surface area contributed by atoms with Gasteiger partial charge >= 0.3 is 0 Å². The number of benzene rings is 1. The van der Waals surface area contributed by atoms with E-state index in [0.29, 0.717) is 18.5 Å². The van der Waals surface area contributed by atoms with Crippen molar-refractivity contribution in [3.8, 4) is 5.75 Å². The fourth-order valence-corrected chi connectivity index (χ4v) is 3.31. The summed E-state index contributed by atoms with van der Waals surface area (Å²) in [4.78, 5) is 30.6. The Kier molecular flexibility index (Phi) is 5.45. The maximum absolute atomic E-state index is 12.4. The van der Waals surface area contributed by atoms with Gasteiger partial charge in [0.25, 0.3) is 5.56 Å². The third-order valence-corrected chi connectivity index (χ3v) is 4.86. The summed E-state index contributed by atoms with van der Waals surface area (Å²) in [5.74, 6) is 0.512. The fraction of sp³-hybridized carbons (Fsp3) is 0.278. The van der Waals surface area contributed by atoms with Crippen LogP contribution in [-0.2, 0) is 17.8 Å². The fourth-order valence-electron chi connectivity index (χ4n) is 2.38. The van der Waals surface area contributed by atoms with Crippen LogP contribution in [0.5, 0.6) is 5.75 Å². The lowest BCUT2D eigenvalue weighted by Crippen LogP contribution is -2.34. The molecule has 0 saturated carbocycles. The molecule has 3 aromatic rings. The summed E-state index contributed by atoms with van der Waals surface area (Å²) in [6, 6.07) is 11.3. The molecule has 0 radical (unpaired) electrons. The van der Waals surface area contributed by atoms with E-state index in [2.05, 4.69) is 10.3 Å². The number of nitrogens with zero attached hydrogens (tertiary/aromatic N) is 2. The van der Waals surface area contributed by atoms with Crippen LogP contribution in [0, 0.1) is 0 Å². The van der Waals surface area contributed by atoms with Crippen molar-refractivity contribution in [2.24, 2.45) is 0 Å². The van der Waals surface area contributed by atoms with Crippen molar-refractivity contribution in [1.29, 1.82) is 0 Å². The van der Waals surface area contributed by atoms with E-state index in [-0.39, 0.29) is 18.0 Å². The predicted molar refractivity (Wildman–Crippen MR) is 98.2 cm³/mol. The van der Waals surface area contributed by atoms with Crippen LogP contribution in [0.3, 0.4) is 0 Å². The zero-order valence-corrected chi connectivity index (χ0v) is 14.7. The molecule has 1 amide bonds. The van der Waals surface area contributed by atoms with Gasteiger partial charge in [-0.15, -0.1) is 11.3 Å². The molecular formula is C18H19N3O3S. The minimum atomic E-state index is -0.245. The lowest BCUT2D eigenvalue weighted by atomic mass is 10.3. The SMILES string of the molecule is CCc1cc2c(=O)n(CC(=O)NCCOc3ccccc3)cnc2s1. The molecule has 0 unspecified atom stereocenters. The van der Waals surface area contributed by atoms with E-state index in [1.807, 2.05) is 43.3 Å². The molecule has 0 aliphatic heterocycles. The van der Waals surface area contributed by atoms with E-state index < -0.39 is 0 Å². The molecule has 6 nitrogen and oxygen atoms in total. The van der Waals surface area contributed by atoms with Crippen molar-refractivity contribution in [2.45, 2.75) is 19.9 Å². The first-order valence-corrected chi connectivity index (χ1v) is 8.91. The molecule has 0 aliphatic carbocycles. The number of para-hydroxylation sites is 1. The highest BCUT2D eigenvalue weighted by Crippen LogP contribution is 2.20.